The third-order valence-electron chi connectivity index (χ3n) is 3.34. The van der Waals surface area contributed by atoms with Gasteiger partial charge in [-0.15, -0.1) is 5.10 Å². The number of hydrogen-bond donors (Lipinski definition) is 2. The number of tetrazole rings is 1. The molecular weight excluding hydrogens is 330 g/mol. The van der Waals surface area contributed by atoms with E-state index >= 15 is 0 Å². The summed E-state index contributed by atoms with van der Waals surface area (Å²) in [5.41, 5.74) is 5.83. The van der Waals surface area contributed by atoms with Gasteiger partial charge in [-0.05, 0) is 17.4 Å². The Bertz CT molecular complexity index is 733. The van der Waals surface area contributed by atoms with Gasteiger partial charge < -0.3 is 15.8 Å². The zero-order valence-electron chi connectivity index (χ0n) is 13.7. The Labute approximate surface area is 143 Å². The van der Waals surface area contributed by atoms with Crippen LogP contribution in [-0.2, 0) is 16.1 Å². The van der Waals surface area contributed by atoms with Crippen molar-refractivity contribution in [2.45, 2.75) is 19.5 Å². The van der Waals surface area contributed by atoms with Crippen LogP contribution in [0.15, 0.2) is 24.3 Å². The summed E-state index contributed by atoms with van der Waals surface area (Å²) in [5, 5.41) is 25.7. The van der Waals surface area contributed by atoms with Gasteiger partial charge in [-0.1, -0.05) is 18.2 Å². The molecule has 0 aliphatic rings. The van der Waals surface area contributed by atoms with E-state index in [1.807, 2.05) is 0 Å². The molecule has 1 aromatic carbocycles. The Hall–Kier alpha value is -2.92. The van der Waals surface area contributed by atoms with Gasteiger partial charge in [-0.2, -0.15) is 0 Å². The molecule has 0 aliphatic carbocycles. The minimum Gasteiger partial charge on any atom is -0.465 e. The average molecular weight is 349 g/mol. The lowest BCUT2D eigenvalue weighted by Crippen LogP contribution is -2.31. The fourth-order valence-corrected chi connectivity index (χ4v) is 2.33. The number of carbonyl (C=O) groups is 1. The van der Waals surface area contributed by atoms with Crippen molar-refractivity contribution < 1.29 is 14.5 Å². The van der Waals surface area contributed by atoms with Crippen molar-refractivity contribution in [3.05, 3.63) is 45.8 Å². The molecule has 0 radical (unpaired) electrons. The highest BCUT2D eigenvalue weighted by Crippen LogP contribution is 2.28. The Morgan fingerprint density at radius 2 is 2.24 bits per heavy atom. The van der Waals surface area contributed by atoms with Crippen molar-refractivity contribution >= 4 is 11.7 Å². The van der Waals surface area contributed by atoms with Crippen LogP contribution in [0.5, 0.6) is 0 Å². The predicted octanol–water partition coefficient (Wildman–Crippen LogP) is -0.218. The van der Waals surface area contributed by atoms with E-state index in [0.29, 0.717) is 18.7 Å². The number of nitrogens with one attached hydrogen (secondary N) is 1. The van der Waals surface area contributed by atoms with Crippen molar-refractivity contribution in [1.29, 1.82) is 0 Å². The van der Waals surface area contributed by atoms with E-state index in [4.69, 9.17) is 10.5 Å². The maximum Gasteiger partial charge on any atom is 0.327 e. The fourth-order valence-electron chi connectivity index (χ4n) is 2.33. The van der Waals surface area contributed by atoms with Crippen molar-refractivity contribution in [3.63, 3.8) is 0 Å². The van der Waals surface area contributed by atoms with Crippen LogP contribution in [-0.4, -0.2) is 50.8 Å². The first-order valence-electron chi connectivity index (χ1n) is 7.66. The summed E-state index contributed by atoms with van der Waals surface area (Å²) >= 11 is 0. The normalized spacial score (nSPS) is 11.9. The lowest BCUT2D eigenvalue weighted by molar-refractivity contribution is -0.385. The maximum absolute atomic E-state index is 11.7. The van der Waals surface area contributed by atoms with E-state index in [9.17, 15) is 14.9 Å². The van der Waals surface area contributed by atoms with E-state index < -0.39 is 16.9 Å². The third-order valence-corrected chi connectivity index (χ3v) is 3.34. The third kappa shape index (κ3) is 4.55. The van der Waals surface area contributed by atoms with Gasteiger partial charge in [0.15, 0.2) is 5.82 Å². The molecule has 0 bridgehead atoms. The molecule has 1 atom stereocenters. The van der Waals surface area contributed by atoms with Crippen LogP contribution in [0.2, 0.25) is 0 Å². The minimum absolute atomic E-state index is 0.0808. The number of aromatic nitrogens is 4. The molecular formula is C14H19N7O4. The molecule has 0 saturated heterocycles. The molecule has 0 aliphatic heterocycles. The Morgan fingerprint density at radius 3 is 2.92 bits per heavy atom. The summed E-state index contributed by atoms with van der Waals surface area (Å²) in [6.45, 7) is 2.42. The average Bonchev–Trinajstić information content (AvgIpc) is 3.03. The van der Waals surface area contributed by atoms with E-state index in [1.165, 1.54) is 10.7 Å². The summed E-state index contributed by atoms with van der Waals surface area (Å²) in [5.74, 6) is -0.244. The van der Waals surface area contributed by atoms with Crippen LogP contribution in [0.4, 0.5) is 5.69 Å². The summed E-state index contributed by atoms with van der Waals surface area (Å²) in [7, 11) is 0. The van der Waals surface area contributed by atoms with Gasteiger partial charge in [0.25, 0.3) is 5.69 Å². The van der Waals surface area contributed by atoms with E-state index in [0.717, 1.165) is 0 Å². The number of nitrogens with two attached hydrogens (primary N) is 1. The molecule has 2 aromatic rings. The van der Waals surface area contributed by atoms with Gasteiger partial charge >= 0.3 is 5.97 Å². The van der Waals surface area contributed by atoms with E-state index in [-0.39, 0.29) is 24.7 Å². The van der Waals surface area contributed by atoms with Crippen LogP contribution >= 0.6 is 0 Å². The molecule has 3 N–H and O–H groups in total. The van der Waals surface area contributed by atoms with E-state index in [2.05, 4.69) is 20.8 Å². The van der Waals surface area contributed by atoms with Crippen LogP contribution in [0.1, 0.15) is 24.4 Å². The zero-order chi connectivity index (χ0) is 18.2. The molecule has 11 heteroatoms. The standard InChI is InChI=1S/C14H19N7O4/c1-2-25-12(22)9-20-14(17-18-19-20)13(16-8-7-15)10-5-3-4-6-11(10)21(23)24/h3-6,13,16H,2,7-9,15H2,1H3. The number of nitro groups is 1. The van der Waals surface area contributed by atoms with E-state index in [1.54, 1.807) is 25.1 Å². The highest BCUT2D eigenvalue weighted by atomic mass is 16.6. The molecule has 0 spiro atoms. The molecule has 1 unspecified atom stereocenters. The monoisotopic (exact) mass is 349 g/mol. The van der Waals surface area contributed by atoms with Crippen LogP contribution in [0, 0.1) is 10.1 Å². The van der Waals surface area contributed by atoms with Gasteiger partial charge in [0.05, 0.1) is 17.1 Å². The summed E-state index contributed by atoms with van der Waals surface area (Å²) in [6.07, 6.45) is 0. The summed E-state index contributed by atoms with van der Waals surface area (Å²) in [6, 6.07) is 5.55. The molecule has 25 heavy (non-hydrogen) atoms. The SMILES string of the molecule is CCOC(=O)Cn1nnnc1C(NCCN)c1ccccc1[N+](=O)[O-]. The number of nitro benzene ring substituents is 1. The lowest BCUT2D eigenvalue weighted by Gasteiger charge is -2.18. The van der Waals surface area contributed by atoms with Crippen molar-refractivity contribution in [3.8, 4) is 0 Å². The second kappa shape index (κ2) is 8.80. The lowest BCUT2D eigenvalue weighted by atomic mass is 10.0. The van der Waals surface area contributed by atoms with Gasteiger partial charge in [0.2, 0.25) is 0 Å². The number of ether oxygens (including phenoxy) is 1. The number of para-hydroxylation sites is 1. The Kier molecular flexibility index (Phi) is 6.48. The first kappa shape index (κ1) is 18.4. The predicted molar refractivity (Wildman–Crippen MR) is 86.4 cm³/mol. The van der Waals surface area contributed by atoms with Crippen molar-refractivity contribution in [2.75, 3.05) is 19.7 Å². The molecule has 134 valence electrons. The molecule has 2 rings (SSSR count). The number of carbonyl (C=O) groups excluding carboxylic acids is 1. The molecule has 1 aromatic heterocycles. The smallest absolute Gasteiger partial charge is 0.327 e. The van der Waals surface area contributed by atoms with Gasteiger partial charge in [-0.25, -0.2) is 4.68 Å². The Morgan fingerprint density at radius 1 is 1.48 bits per heavy atom. The molecule has 0 saturated carbocycles. The highest BCUT2D eigenvalue weighted by Gasteiger charge is 2.28. The topological polar surface area (TPSA) is 151 Å². The summed E-state index contributed by atoms with van der Waals surface area (Å²) in [4.78, 5) is 22.6. The number of nitrogens with zero attached hydrogens (tertiary/aromatic N) is 5. The first-order chi connectivity index (χ1) is 12.1. The number of hydrogen-bond acceptors (Lipinski definition) is 9. The van der Waals surface area contributed by atoms with Crippen molar-refractivity contribution in [1.82, 2.24) is 25.5 Å². The highest BCUT2D eigenvalue weighted by molar-refractivity contribution is 5.69. The van der Waals surface area contributed by atoms with Crippen LogP contribution in [0.3, 0.4) is 0 Å². The quantitative estimate of drug-likeness (QED) is 0.355. The Balaban J connectivity index is 2.41. The maximum atomic E-state index is 11.7. The van der Waals surface area contributed by atoms with Crippen LogP contribution in [0.25, 0.3) is 0 Å². The molecule has 11 nitrogen and oxygen atoms in total. The number of esters is 1. The van der Waals surface area contributed by atoms with Gasteiger partial charge in [-0.3, -0.25) is 14.9 Å². The largest absolute Gasteiger partial charge is 0.465 e. The molecule has 1 heterocycles. The van der Waals surface area contributed by atoms with Gasteiger partial charge in [0, 0.05) is 19.2 Å². The van der Waals surface area contributed by atoms with Crippen molar-refractivity contribution in [2.24, 2.45) is 5.73 Å². The minimum atomic E-state index is -0.699. The number of benzene rings is 1. The second-order valence-corrected chi connectivity index (χ2v) is 4.99. The van der Waals surface area contributed by atoms with Crippen LogP contribution < -0.4 is 11.1 Å². The summed E-state index contributed by atoms with van der Waals surface area (Å²) < 4.78 is 6.15. The second-order valence-electron chi connectivity index (χ2n) is 4.99. The zero-order valence-corrected chi connectivity index (χ0v) is 13.7. The fraction of sp³-hybridized carbons (Fsp3) is 0.429. The van der Waals surface area contributed by atoms with Gasteiger partial charge in [0.1, 0.15) is 12.6 Å². The molecule has 0 amide bonds. The number of rotatable bonds is 9. The first-order valence-corrected chi connectivity index (χ1v) is 7.66. The molecule has 0 fully saturated rings.